The number of halogens is 1. The molecule has 0 radical (unpaired) electrons. The fourth-order valence-electron chi connectivity index (χ4n) is 1.68. The van der Waals surface area contributed by atoms with Crippen LogP contribution in [0.1, 0.15) is 44.8 Å². The molecule has 3 heteroatoms. The van der Waals surface area contributed by atoms with Crippen LogP contribution in [0.3, 0.4) is 0 Å². The Morgan fingerprint density at radius 1 is 1.33 bits per heavy atom. The van der Waals surface area contributed by atoms with Crippen molar-refractivity contribution in [1.29, 1.82) is 0 Å². The molecule has 0 aromatic carbocycles. The molecule has 0 bridgehead atoms. The van der Waals surface area contributed by atoms with Crippen molar-refractivity contribution in [2.45, 2.75) is 39.2 Å². The Bertz CT molecular complexity index is 299. The van der Waals surface area contributed by atoms with Crippen LogP contribution < -0.4 is 0 Å². The summed E-state index contributed by atoms with van der Waals surface area (Å²) in [5, 5.41) is 9.87. The molecule has 0 fully saturated rings. The van der Waals surface area contributed by atoms with E-state index in [1.54, 1.807) is 0 Å². The van der Waals surface area contributed by atoms with Gasteiger partial charge in [-0.05, 0) is 18.4 Å². The average Bonchev–Trinajstić information content (AvgIpc) is 2.25. The number of pyridine rings is 1. The Kier molecular flexibility index (Phi) is 4.69. The summed E-state index contributed by atoms with van der Waals surface area (Å²) in [6.45, 7) is 4.20. The van der Waals surface area contributed by atoms with Crippen LogP contribution in [-0.2, 0) is 0 Å². The quantitative estimate of drug-likeness (QED) is 0.811. The molecule has 84 valence electrons. The van der Waals surface area contributed by atoms with Gasteiger partial charge in [-0.15, -0.1) is 0 Å². The van der Waals surface area contributed by atoms with Crippen molar-refractivity contribution < 1.29 is 9.50 Å². The van der Waals surface area contributed by atoms with Crippen LogP contribution >= 0.6 is 0 Å². The standard InChI is InChI=1S/C12H18FNO/c1-3-9(4-2)5-12(15)10-6-11(13)8-14-7-10/h6-9,12,15H,3-5H2,1-2H3. The van der Waals surface area contributed by atoms with Gasteiger partial charge in [0, 0.05) is 11.8 Å². The third-order valence-corrected chi connectivity index (χ3v) is 2.82. The average molecular weight is 211 g/mol. The third kappa shape index (κ3) is 3.59. The van der Waals surface area contributed by atoms with Crippen molar-refractivity contribution in [2.75, 3.05) is 0 Å². The van der Waals surface area contributed by atoms with Crippen molar-refractivity contribution in [3.05, 3.63) is 29.8 Å². The molecule has 0 amide bonds. The molecule has 1 unspecified atom stereocenters. The Morgan fingerprint density at radius 2 is 2.00 bits per heavy atom. The maximum absolute atomic E-state index is 12.9. The first-order chi connectivity index (χ1) is 7.17. The lowest BCUT2D eigenvalue weighted by molar-refractivity contribution is 0.140. The lowest BCUT2D eigenvalue weighted by atomic mass is 9.93. The molecule has 0 saturated carbocycles. The predicted octanol–water partition coefficient (Wildman–Crippen LogP) is 3.08. The number of rotatable bonds is 5. The number of hydrogen-bond donors (Lipinski definition) is 1. The molecule has 1 rings (SSSR count). The normalized spacial score (nSPS) is 13.1. The minimum Gasteiger partial charge on any atom is -0.388 e. The summed E-state index contributed by atoms with van der Waals surface area (Å²) in [5.41, 5.74) is 0.571. The largest absolute Gasteiger partial charge is 0.388 e. The molecule has 1 aromatic heterocycles. The van der Waals surface area contributed by atoms with Gasteiger partial charge >= 0.3 is 0 Å². The number of aliphatic hydroxyl groups excluding tert-OH is 1. The zero-order chi connectivity index (χ0) is 11.3. The zero-order valence-corrected chi connectivity index (χ0v) is 9.28. The molecule has 1 N–H and O–H groups in total. The van der Waals surface area contributed by atoms with Gasteiger partial charge in [-0.25, -0.2) is 4.39 Å². The highest BCUT2D eigenvalue weighted by Gasteiger charge is 2.14. The van der Waals surface area contributed by atoms with Crippen molar-refractivity contribution >= 4 is 0 Å². The van der Waals surface area contributed by atoms with Gasteiger partial charge in [-0.2, -0.15) is 0 Å². The highest BCUT2D eigenvalue weighted by molar-refractivity contribution is 5.13. The van der Waals surface area contributed by atoms with Crippen molar-refractivity contribution in [1.82, 2.24) is 4.98 Å². The minimum absolute atomic E-state index is 0.393. The molecule has 0 aliphatic rings. The first kappa shape index (κ1) is 12.1. The first-order valence-electron chi connectivity index (χ1n) is 5.45. The fourth-order valence-corrected chi connectivity index (χ4v) is 1.68. The van der Waals surface area contributed by atoms with Crippen LogP contribution in [0.5, 0.6) is 0 Å². The summed E-state index contributed by atoms with van der Waals surface area (Å²) in [7, 11) is 0. The van der Waals surface area contributed by atoms with Crippen LogP contribution in [-0.4, -0.2) is 10.1 Å². The van der Waals surface area contributed by atoms with Crippen LogP contribution in [0.4, 0.5) is 4.39 Å². The van der Waals surface area contributed by atoms with Crippen LogP contribution in [0.2, 0.25) is 0 Å². The Hall–Kier alpha value is -0.960. The van der Waals surface area contributed by atoms with Gasteiger partial charge in [-0.1, -0.05) is 26.7 Å². The number of aliphatic hydroxyl groups is 1. The van der Waals surface area contributed by atoms with Gasteiger partial charge in [0.15, 0.2) is 0 Å². The summed E-state index contributed by atoms with van der Waals surface area (Å²) in [4.78, 5) is 3.73. The number of nitrogens with zero attached hydrogens (tertiary/aromatic N) is 1. The topological polar surface area (TPSA) is 33.1 Å². The fraction of sp³-hybridized carbons (Fsp3) is 0.583. The van der Waals surface area contributed by atoms with Gasteiger partial charge in [0.25, 0.3) is 0 Å². The summed E-state index contributed by atoms with van der Waals surface area (Å²) in [6, 6.07) is 1.35. The van der Waals surface area contributed by atoms with Crippen LogP contribution in [0.15, 0.2) is 18.5 Å². The maximum Gasteiger partial charge on any atom is 0.141 e. The molecular formula is C12H18FNO. The maximum atomic E-state index is 12.9. The molecule has 0 aliphatic heterocycles. The van der Waals surface area contributed by atoms with E-state index < -0.39 is 11.9 Å². The van der Waals surface area contributed by atoms with E-state index in [4.69, 9.17) is 0 Å². The second-order valence-corrected chi connectivity index (χ2v) is 3.87. The SMILES string of the molecule is CCC(CC)CC(O)c1cncc(F)c1. The Balaban J connectivity index is 2.64. The lowest BCUT2D eigenvalue weighted by Gasteiger charge is -2.17. The Labute approximate surface area is 90.2 Å². The van der Waals surface area contributed by atoms with Gasteiger partial charge < -0.3 is 5.11 Å². The zero-order valence-electron chi connectivity index (χ0n) is 9.28. The minimum atomic E-state index is -0.599. The van der Waals surface area contributed by atoms with Crippen molar-refractivity contribution in [2.24, 2.45) is 5.92 Å². The monoisotopic (exact) mass is 211 g/mol. The summed E-state index contributed by atoms with van der Waals surface area (Å²) in [5.74, 6) is 0.0966. The van der Waals surface area contributed by atoms with E-state index in [1.165, 1.54) is 12.3 Å². The molecule has 0 aliphatic carbocycles. The van der Waals surface area contributed by atoms with Gasteiger partial charge in [0.2, 0.25) is 0 Å². The predicted molar refractivity (Wildman–Crippen MR) is 57.8 cm³/mol. The van der Waals surface area contributed by atoms with E-state index >= 15 is 0 Å². The first-order valence-corrected chi connectivity index (χ1v) is 5.45. The second-order valence-electron chi connectivity index (χ2n) is 3.87. The number of hydrogen-bond acceptors (Lipinski definition) is 2. The molecule has 2 nitrogen and oxygen atoms in total. The highest BCUT2D eigenvalue weighted by atomic mass is 19.1. The van der Waals surface area contributed by atoms with E-state index in [-0.39, 0.29) is 0 Å². The molecule has 0 spiro atoms. The van der Waals surface area contributed by atoms with E-state index in [1.807, 2.05) is 0 Å². The number of aromatic nitrogens is 1. The summed E-state index contributed by atoms with van der Waals surface area (Å²) >= 11 is 0. The smallest absolute Gasteiger partial charge is 0.141 e. The highest BCUT2D eigenvalue weighted by Crippen LogP contribution is 2.24. The van der Waals surface area contributed by atoms with E-state index in [2.05, 4.69) is 18.8 Å². The van der Waals surface area contributed by atoms with Crippen molar-refractivity contribution in [3.63, 3.8) is 0 Å². The summed E-state index contributed by atoms with van der Waals surface area (Å²) < 4.78 is 12.9. The molecular weight excluding hydrogens is 193 g/mol. The lowest BCUT2D eigenvalue weighted by Crippen LogP contribution is -2.06. The molecule has 1 heterocycles. The van der Waals surface area contributed by atoms with E-state index in [9.17, 15) is 9.50 Å². The van der Waals surface area contributed by atoms with E-state index in [0.29, 0.717) is 17.9 Å². The second kappa shape index (κ2) is 5.81. The van der Waals surface area contributed by atoms with Crippen LogP contribution in [0, 0.1) is 11.7 Å². The Morgan fingerprint density at radius 3 is 2.53 bits per heavy atom. The summed E-state index contributed by atoms with van der Waals surface area (Å²) in [6.07, 6.45) is 4.83. The molecule has 1 atom stereocenters. The third-order valence-electron chi connectivity index (χ3n) is 2.82. The molecule has 0 saturated heterocycles. The molecule has 1 aromatic rings. The van der Waals surface area contributed by atoms with E-state index in [0.717, 1.165) is 19.0 Å². The van der Waals surface area contributed by atoms with Gasteiger partial charge in [0.05, 0.1) is 12.3 Å². The molecule has 15 heavy (non-hydrogen) atoms. The van der Waals surface area contributed by atoms with Crippen molar-refractivity contribution in [3.8, 4) is 0 Å². The van der Waals surface area contributed by atoms with Crippen LogP contribution in [0.25, 0.3) is 0 Å². The van der Waals surface area contributed by atoms with Gasteiger partial charge in [-0.3, -0.25) is 4.98 Å². The van der Waals surface area contributed by atoms with Gasteiger partial charge in [0.1, 0.15) is 5.82 Å².